The molecule has 1 aliphatic rings. The molecule has 1 fully saturated rings. The topological polar surface area (TPSA) is 51.0 Å². The van der Waals surface area contributed by atoms with Gasteiger partial charge in [-0.25, -0.2) is 0 Å². The molecular weight excluding hydrogens is 272 g/mol. The molecule has 20 heavy (non-hydrogen) atoms. The van der Waals surface area contributed by atoms with Crippen LogP contribution in [-0.2, 0) is 4.79 Å². The fourth-order valence-electron chi connectivity index (χ4n) is 2.76. The Morgan fingerprint density at radius 2 is 1.95 bits per heavy atom. The summed E-state index contributed by atoms with van der Waals surface area (Å²) in [5.74, 6) is 1.08. The maximum absolute atomic E-state index is 12.0. The van der Waals surface area contributed by atoms with Gasteiger partial charge < -0.3 is 9.47 Å². The van der Waals surface area contributed by atoms with E-state index in [1.165, 1.54) is 43.9 Å². The van der Waals surface area contributed by atoms with Crippen molar-refractivity contribution in [3.8, 4) is 0 Å². The largest absolute Gasteiger partial charge is 0.348 e. The number of aryl methyl sites for hydroxylation is 1. The van der Waals surface area contributed by atoms with E-state index in [0.717, 1.165) is 11.0 Å². The number of carbonyl (C=O) groups excluding carboxylic acids is 1. The summed E-state index contributed by atoms with van der Waals surface area (Å²) in [6, 6.07) is 0.503. The van der Waals surface area contributed by atoms with Gasteiger partial charge in [0.1, 0.15) is 5.82 Å². The smallest absolute Gasteiger partial charge is 0.235 e. The van der Waals surface area contributed by atoms with Gasteiger partial charge in [-0.1, -0.05) is 31.0 Å². The van der Waals surface area contributed by atoms with E-state index in [-0.39, 0.29) is 11.2 Å². The number of hydrogen-bond acceptors (Lipinski definition) is 4. The Labute approximate surface area is 125 Å². The fraction of sp³-hybridized carbons (Fsp3) is 0.786. The van der Waals surface area contributed by atoms with Crippen LogP contribution in [0.15, 0.2) is 5.16 Å². The van der Waals surface area contributed by atoms with Gasteiger partial charge in [0, 0.05) is 20.1 Å². The van der Waals surface area contributed by atoms with Crippen LogP contribution in [0.25, 0.3) is 0 Å². The minimum absolute atomic E-state index is 0.117. The molecule has 0 bridgehead atoms. The second-order valence-electron chi connectivity index (χ2n) is 5.68. The van der Waals surface area contributed by atoms with Crippen molar-refractivity contribution in [3.05, 3.63) is 5.82 Å². The van der Waals surface area contributed by atoms with Crippen LogP contribution < -0.4 is 0 Å². The Kier molecular flexibility index (Phi) is 5.07. The highest BCUT2D eigenvalue weighted by Gasteiger charge is 2.24. The van der Waals surface area contributed by atoms with E-state index < -0.39 is 0 Å². The van der Waals surface area contributed by atoms with E-state index in [1.807, 2.05) is 13.8 Å². The maximum Gasteiger partial charge on any atom is 0.235 e. The summed E-state index contributed by atoms with van der Waals surface area (Å²) in [6.07, 6.45) is 6.28. The fourth-order valence-corrected chi connectivity index (χ4v) is 3.87. The van der Waals surface area contributed by atoms with Crippen LogP contribution in [0.3, 0.4) is 0 Å². The van der Waals surface area contributed by atoms with E-state index in [0.29, 0.717) is 6.04 Å². The number of hydrogen-bond donors (Lipinski definition) is 0. The molecule has 2 rings (SSSR count). The van der Waals surface area contributed by atoms with E-state index >= 15 is 0 Å². The van der Waals surface area contributed by atoms with Gasteiger partial charge in [0.05, 0.1) is 5.25 Å². The van der Waals surface area contributed by atoms with Gasteiger partial charge in [-0.3, -0.25) is 4.79 Å². The van der Waals surface area contributed by atoms with Gasteiger partial charge in [0.25, 0.3) is 0 Å². The SMILES string of the molecule is Cc1nnc(S[C@H](C)C(=O)N(C)C)n1C1CCCCC1. The quantitative estimate of drug-likeness (QED) is 0.802. The molecule has 6 heteroatoms. The zero-order valence-electron chi connectivity index (χ0n) is 12.8. The van der Waals surface area contributed by atoms with Crippen LogP contribution in [0.2, 0.25) is 0 Å². The molecule has 0 unspecified atom stereocenters. The second-order valence-corrected chi connectivity index (χ2v) is 6.99. The van der Waals surface area contributed by atoms with E-state index in [2.05, 4.69) is 14.8 Å². The number of thioether (sulfide) groups is 1. The van der Waals surface area contributed by atoms with Crippen molar-refractivity contribution in [1.82, 2.24) is 19.7 Å². The number of carbonyl (C=O) groups is 1. The molecule has 5 nitrogen and oxygen atoms in total. The lowest BCUT2D eigenvalue weighted by Crippen LogP contribution is -2.30. The third-order valence-electron chi connectivity index (χ3n) is 3.85. The van der Waals surface area contributed by atoms with Crippen LogP contribution in [0.1, 0.15) is 50.9 Å². The lowest BCUT2D eigenvalue weighted by atomic mass is 9.95. The summed E-state index contributed by atoms with van der Waals surface area (Å²) in [4.78, 5) is 13.6. The molecular formula is C14H24N4OS. The Balaban J connectivity index is 2.14. The van der Waals surface area contributed by atoms with Crippen LogP contribution >= 0.6 is 11.8 Å². The van der Waals surface area contributed by atoms with Gasteiger partial charge in [0.15, 0.2) is 5.16 Å². The molecule has 1 aromatic heterocycles. The summed E-state index contributed by atoms with van der Waals surface area (Å²) in [5.41, 5.74) is 0. The van der Waals surface area contributed by atoms with Gasteiger partial charge in [-0.2, -0.15) is 0 Å². The summed E-state index contributed by atoms with van der Waals surface area (Å²) in [7, 11) is 3.58. The van der Waals surface area contributed by atoms with Gasteiger partial charge >= 0.3 is 0 Å². The minimum atomic E-state index is -0.129. The Morgan fingerprint density at radius 3 is 2.55 bits per heavy atom. The first-order chi connectivity index (χ1) is 9.50. The van der Waals surface area contributed by atoms with Crippen LogP contribution in [0.5, 0.6) is 0 Å². The molecule has 0 aliphatic heterocycles. The molecule has 1 aliphatic carbocycles. The third-order valence-corrected chi connectivity index (χ3v) is 4.89. The molecule has 1 atom stereocenters. The average Bonchev–Trinajstić information content (AvgIpc) is 2.79. The zero-order chi connectivity index (χ0) is 14.7. The van der Waals surface area contributed by atoms with Gasteiger partial charge in [-0.05, 0) is 26.7 Å². The monoisotopic (exact) mass is 296 g/mol. The number of amides is 1. The average molecular weight is 296 g/mol. The molecule has 0 radical (unpaired) electrons. The highest BCUT2D eigenvalue weighted by atomic mass is 32.2. The van der Waals surface area contributed by atoms with E-state index in [4.69, 9.17) is 0 Å². The predicted octanol–water partition coefficient (Wildman–Crippen LogP) is 2.66. The Hall–Kier alpha value is -1.04. The van der Waals surface area contributed by atoms with Gasteiger partial charge in [-0.15, -0.1) is 10.2 Å². The molecule has 0 aromatic carbocycles. The second kappa shape index (κ2) is 6.61. The first kappa shape index (κ1) is 15.4. The van der Waals surface area contributed by atoms with Crippen LogP contribution in [0, 0.1) is 6.92 Å². The highest BCUT2D eigenvalue weighted by molar-refractivity contribution is 8.00. The van der Waals surface area contributed by atoms with E-state index in [9.17, 15) is 4.79 Å². The maximum atomic E-state index is 12.0. The molecule has 1 amide bonds. The van der Waals surface area contributed by atoms with Crippen molar-refractivity contribution in [2.45, 2.75) is 62.4 Å². The van der Waals surface area contributed by atoms with Gasteiger partial charge in [0.2, 0.25) is 5.91 Å². The molecule has 1 saturated carbocycles. The van der Waals surface area contributed by atoms with Crippen LogP contribution in [-0.4, -0.2) is 44.9 Å². The van der Waals surface area contributed by atoms with Crippen molar-refractivity contribution >= 4 is 17.7 Å². The first-order valence-corrected chi connectivity index (χ1v) is 8.18. The Morgan fingerprint density at radius 1 is 1.30 bits per heavy atom. The first-order valence-electron chi connectivity index (χ1n) is 7.30. The lowest BCUT2D eigenvalue weighted by molar-refractivity contribution is -0.127. The van der Waals surface area contributed by atoms with Crippen molar-refractivity contribution < 1.29 is 4.79 Å². The predicted molar refractivity (Wildman–Crippen MR) is 80.9 cm³/mol. The lowest BCUT2D eigenvalue weighted by Gasteiger charge is -2.25. The zero-order valence-corrected chi connectivity index (χ0v) is 13.6. The van der Waals surface area contributed by atoms with Crippen molar-refractivity contribution in [2.24, 2.45) is 0 Å². The molecule has 0 spiro atoms. The Bertz CT molecular complexity index is 466. The molecule has 112 valence electrons. The van der Waals surface area contributed by atoms with E-state index in [1.54, 1.807) is 19.0 Å². The molecule has 1 heterocycles. The summed E-state index contributed by atoms with van der Waals surface area (Å²) in [5, 5.41) is 9.25. The van der Waals surface area contributed by atoms with Crippen molar-refractivity contribution in [1.29, 1.82) is 0 Å². The summed E-state index contributed by atoms with van der Waals surface area (Å²) in [6.45, 7) is 3.94. The van der Waals surface area contributed by atoms with Crippen molar-refractivity contribution in [3.63, 3.8) is 0 Å². The number of rotatable bonds is 4. The molecule has 1 aromatic rings. The molecule has 0 N–H and O–H groups in total. The van der Waals surface area contributed by atoms with Crippen LogP contribution in [0.4, 0.5) is 0 Å². The molecule has 0 saturated heterocycles. The summed E-state index contributed by atoms with van der Waals surface area (Å²) >= 11 is 1.52. The summed E-state index contributed by atoms with van der Waals surface area (Å²) < 4.78 is 2.24. The standard InChI is InChI=1S/C14H24N4OS/c1-10(13(19)17(3)4)20-14-16-15-11(2)18(14)12-8-6-5-7-9-12/h10,12H,5-9H2,1-4H3/t10-/m1/s1. The number of nitrogens with zero attached hydrogens (tertiary/aromatic N) is 4. The normalized spacial score (nSPS) is 18.0. The number of aromatic nitrogens is 3. The van der Waals surface area contributed by atoms with Crippen molar-refractivity contribution in [2.75, 3.05) is 14.1 Å². The minimum Gasteiger partial charge on any atom is -0.348 e. The highest BCUT2D eigenvalue weighted by Crippen LogP contribution is 2.33. The third kappa shape index (κ3) is 3.34.